The van der Waals surface area contributed by atoms with Crippen molar-refractivity contribution in [3.63, 3.8) is 0 Å². The number of aliphatic carboxylic acids is 1. The molecule has 1 heterocycles. The molecule has 1 atom stereocenters. The Morgan fingerprint density at radius 3 is 2.79 bits per heavy atom. The van der Waals surface area contributed by atoms with E-state index in [0.717, 1.165) is 11.1 Å². The van der Waals surface area contributed by atoms with Gasteiger partial charge in [0.15, 0.2) is 0 Å². The Kier molecular flexibility index (Phi) is 5.72. The molecule has 0 fully saturated rings. The molecule has 6 heteroatoms. The topological polar surface area (TPSA) is 77.8 Å². The molecule has 1 unspecified atom stereocenters. The van der Waals surface area contributed by atoms with Crippen LogP contribution < -0.4 is 0 Å². The second-order valence-electron chi connectivity index (χ2n) is 4.00. The van der Waals surface area contributed by atoms with Crippen LogP contribution in [0.1, 0.15) is 19.8 Å². The third-order valence-corrected chi connectivity index (χ3v) is 3.39. The van der Waals surface area contributed by atoms with Gasteiger partial charge in [-0.25, -0.2) is 4.21 Å². The monoisotopic (exact) mass is 283 g/mol. The summed E-state index contributed by atoms with van der Waals surface area (Å²) >= 11 is -2.14. The summed E-state index contributed by atoms with van der Waals surface area (Å²) in [6.45, 7) is 5.64. The first-order chi connectivity index (χ1) is 8.99. The average molecular weight is 283 g/mol. The van der Waals surface area contributed by atoms with Crippen LogP contribution in [0.4, 0.5) is 0 Å². The van der Waals surface area contributed by atoms with E-state index in [2.05, 4.69) is 6.58 Å². The lowest BCUT2D eigenvalue weighted by atomic mass is 9.99. The highest BCUT2D eigenvalue weighted by Gasteiger charge is 2.23. The Morgan fingerprint density at radius 2 is 2.32 bits per heavy atom. The molecular weight excluding hydrogens is 266 g/mol. The van der Waals surface area contributed by atoms with Crippen LogP contribution in [0.25, 0.3) is 0 Å². The predicted octanol–water partition coefficient (Wildman–Crippen LogP) is 2.25. The molecule has 1 rings (SSSR count). The van der Waals surface area contributed by atoms with Gasteiger partial charge < -0.3 is 5.11 Å². The van der Waals surface area contributed by atoms with Crippen LogP contribution in [-0.2, 0) is 16.1 Å². The lowest BCUT2D eigenvalue weighted by Gasteiger charge is -2.29. The third-order valence-electron chi connectivity index (χ3n) is 2.69. The van der Waals surface area contributed by atoms with Crippen molar-refractivity contribution in [3.05, 3.63) is 47.7 Å². The number of rotatable bonds is 5. The van der Waals surface area contributed by atoms with Crippen molar-refractivity contribution >= 4 is 17.2 Å². The molecule has 0 radical (unpaired) electrons. The smallest absolute Gasteiger partial charge is 0.303 e. The van der Waals surface area contributed by atoms with Gasteiger partial charge in [0.1, 0.15) is 0 Å². The molecule has 0 spiro atoms. The van der Waals surface area contributed by atoms with E-state index in [9.17, 15) is 13.6 Å². The standard InChI is InChI=1S/C13H17NO4S/c1-3-5-11-8-10(6-7-13(15)16)9-14(19(17)18)12(11)4-2/h3-5,8H,1,6-7,9H2,2H3,(H,15,16)(H,17,18)/b11-5-,12-4+. The van der Waals surface area contributed by atoms with E-state index >= 15 is 0 Å². The average Bonchev–Trinajstić information content (AvgIpc) is 2.36. The molecule has 0 saturated heterocycles. The largest absolute Gasteiger partial charge is 0.481 e. The fourth-order valence-electron chi connectivity index (χ4n) is 1.88. The lowest BCUT2D eigenvalue weighted by Crippen LogP contribution is -2.31. The summed E-state index contributed by atoms with van der Waals surface area (Å²) in [5, 5.41) is 8.69. The molecule has 19 heavy (non-hydrogen) atoms. The van der Waals surface area contributed by atoms with Crippen molar-refractivity contribution in [2.45, 2.75) is 19.8 Å². The van der Waals surface area contributed by atoms with E-state index in [4.69, 9.17) is 5.11 Å². The zero-order chi connectivity index (χ0) is 14.4. The molecule has 1 aliphatic heterocycles. The Hall–Kier alpha value is -1.66. The van der Waals surface area contributed by atoms with Gasteiger partial charge in [-0.05, 0) is 24.5 Å². The molecule has 0 bridgehead atoms. The minimum absolute atomic E-state index is 0.00424. The Bertz CT molecular complexity index is 491. The van der Waals surface area contributed by atoms with Crippen LogP contribution in [-0.4, -0.2) is 30.7 Å². The molecule has 5 nitrogen and oxygen atoms in total. The normalized spacial score (nSPS) is 21.4. The van der Waals surface area contributed by atoms with Crippen LogP contribution >= 0.6 is 0 Å². The number of allylic oxidation sites excluding steroid dienone is 4. The van der Waals surface area contributed by atoms with Gasteiger partial charge in [0.2, 0.25) is 0 Å². The predicted molar refractivity (Wildman–Crippen MR) is 74.5 cm³/mol. The Balaban J connectivity index is 3.08. The minimum Gasteiger partial charge on any atom is -0.481 e. The molecule has 0 aromatic carbocycles. The van der Waals surface area contributed by atoms with Gasteiger partial charge in [0.05, 0.1) is 12.2 Å². The van der Waals surface area contributed by atoms with Crippen LogP contribution in [0.5, 0.6) is 0 Å². The maximum absolute atomic E-state index is 11.4. The van der Waals surface area contributed by atoms with E-state index in [1.54, 1.807) is 25.2 Å². The highest BCUT2D eigenvalue weighted by Crippen LogP contribution is 2.28. The van der Waals surface area contributed by atoms with Gasteiger partial charge in [0.25, 0.3) is 11.3 Å². The Morgan fingerprint density at radius 1 is 1.63 bits per heavy atom. The van der Waals surface area contributed by atoms with E-state index in [-0.39, 0.29) is 13.0 Å². The number of nitrogens with zero attached hydrogens (tertiary/aromatic N) is 1. The van der Waals surface area contributed by atoms with Crippen molar-refractivity contribution in [1.82, 2.24) is 4.31 Å². The third kappa shape index (κ3) is 4.18. The van der Waals surface area contributed by atoms with Crippen LogP contribution in [0.3, 0.4) is 0 Å². The summed E-state index contributed by atoms with van der Waals surface area (Å²) in [6.07, 6.45) is 7.28. The first-order valence-electron chi connectivity index (χ1n) is 5.78. The van der Waals surface area contributed by atoms with Crippen molar-refractivity contribution in [2.75, 3.05) is 6.54 Å². The van der Waals surface area contributed by atoms with Crippen LogP contribution in [0, 0.1) is 0 Å². The first kappa shape index (κ1) is 15.4. The minimum atomic E-state index is -2.14. The first-order valence-corrected chi connectivity index (χ1v) is 6.85. The number of carboxylic acids is 1. The van der Waals surface area contributed by atoms with E-state index in [1.165, 1.54) is 4.31 Å². The number of carboxylic acid groups (broad SMARTS) is 1. The van der Waals surface area contributed by atoms with Gasteiger partial charge in [-0.1, -0.05) is 30.9 Å². The van der Waals surface area contributed by atoms with Gasteiger partial charge in [-0.3, -0.25) is 13.7 Å². The quantitative estimate of drug-likeness (QED) is 0.759. The summed E-state index contributed by atoms with van der Waals surface area (Å²) in [7, 11) is 0. The highest BCUT2D eigenvalue weighted by atomic mass is 32.2. The Labute approximate surface area is 115 Å². The van der Waals surface area contributed by atoms with Crippen LogP contribution in [0.2, 0.25) is 0 Å². The summed E-state index contributed by atoms with van der Waals surface area (Å²) in [5.41, 5.74) is 2.20. The van der Waals surface area contributed by atoms with E-state index in [0.29, 0.717) is 12.1 Å². The molecule has 2 N–H and O–H groups in total. The fraction of sp³-hybridized carbons (Fsp3) is 0.308. The zero-order valence-electron chi connectivity index (χ0n) is 10.7. The molecular formula is C13H17NO4S. The fourth-order valence-corrected chi connectivity index (χ4v) is 2.54. The maximum atomic E-state index is 11.4. The molecule has 1 aliphatic rings. The summed E-state index contributed by atoms with van der Waals surface area (Å²) in [4.78, 5) is 10.6. The highest BCUT2D eigenvalue weighted by molar-refractivity contribution is 7.76. The number of carbonyl (C=O) groups is 1. The molecule has 0 amide bonds. The van der Waals surface area contributed by atoms with E-state index in [1.807, 2.05) is 6.08 Å². The summed E-state index contributed by atoms with van der Waals surface area (Å²) in [5.74, 6) is -0.886. The lowest BCUT2D eigenvalue weighted by molar-refractivity contribution is -0.136. The van der Waals surface area contributed by atoms with Gasteiger partial charge in [0, 0.05) is 6.42 Å². The second-order valence-corrected chi connectivity index (χ2v) is 4.90. The van der Waals surface area contributed by atoms with Gasteiger partial charge in [-0.2, -0.15) is 0 Å². The zero-order valence-corrected chi connectivity index (χ0v) is 11.5. The molecule has 0 aromatic heterocycles. The van der Waals surface area contributed by atoms with E-state index < -0.39 is 17.2 Å². The van der Waals surface area contributed by atoms with Gasteiger partial charge in [-0.15, -0.1) is 0 Å². The van der Waals surface area contributed by atoms with Crippen molar-refractivity contribution in [2.24, 2.45) is 0 Å². The second kappa shape index (κ2) is 7.06. The molecule has 0 saturated carbocycles. The van der Waals surface area contributed by atoms with Crippen LogP contribution in [0.15, 0.2) is 47.7 Å². The summed E-state index contributed by atoms with van der Waals surface area (Å²) < 4.78 is 22.0. The van der Waals surface area contributed by atoms with Crippen molar-refractivity contribution < 1.29 is 18.7 Å². The molecule has 0 aromatic rings. The SMILES string of the molecule is C=C/C=C1/C=C(CCC(=O)O)CN(S(=O)O)/C1=C/C. The van der Waals surface area contributed by atoms with Gasteiger partial charge >= 0.3 is 5.97 Å². The van der Waals surface area contributed by atoms with Crippen molar-refractivity contribution in [1.29, 1.82) is 0 Å². The molecule has 104 valence electrons. The van der Waals surface area contributed by atoms with Crippen molar-refractivity contribution in [3.8, 4) is 0 Å². The molecule has 0 aliphatic carbocycles. The summed E-state index contributed by atoms with van der Waals surface area (Å²) in [6, 6.07) is 0. The number of hydrogen-bond donors (Lipinski definition) is 2. The number of hydrogen-bond acceptors (Lipinski definition) is 2. The maximum Gasteiger partial charge on any atom is 0.303 e.